The lowest BCUT2D eigenvalue weighted by molar-refractivity contribution is -0.0334. The standard InChI is InChI=1S/C16H25N5O3/c1-4-7-10(2)24-15-19-13(17)12-14(20-15)21(16(18-12)22-3)11-8-5-6-9-23-11/h10-11H,4-9H2,1-3H3,(H2,17,19,20)/t10-,11?/m0/s1. The normalized spacial score (nSPS) is 19.4. The summed E-state index contributed by atoms with van der Waals surface area (Å²) in [7, 11) is 1.57. The maximum Gasteiger partial charge on any atom is 0.320 e. The molecule has 2 aromatic heterocycles. The third kappa shape index (κ3) is 3.24. The van der Waals surface area contributed by atoms with E-state index in [0.717, 1.165) is 32.1 Å². The van der Waals surface area contributed by atoms with Crippen LogP contribution >= 0.6 is 0 Å². The molecule has 8 nitrogen and oxygen atoms in total. The molecule has 1 aliphatic heterocycles. The average Bonchev–Trinajstić information content (AvgIpc) is 2.95. The van der Waals surface area contributed by atoms with Crippen molar-refractivity contribution in [3.63, 3.8) is 0 Å². The van der Waals surface area contributed by atoms with Gasteiger partial charge in [-0.05, 0) is 32.6 Å². The molecule has 2 atom stereocenters. The molecular weight excluding hydrogens is 310 g/mol. The minimum Gasteiger partial charge on any atom is -0.468 e. The molecular formula is C16H25N5O3. The van der Waals surface area contributed by atoms with Gasteiger partial charge in [0.25, 0.3) is 0 Å². The monoisotopic (exact) mass is 335 g/mol. The number of rotatable bonds is 6. The average molecular weight is 335 g/mol. The van der Waals surface area contributed by atoms with E-state index < -0.39 is 0 Å². The lowest BCUT2D eigenvalue weighted by Crippen LogP contribution is -2.19. The molecule has 0 aromatic carbocycles. The number of hydrogen-bond acceptors (Lipinski definition) is 7. The molecule has 1 aliphatic rings. The molecule has 0 amide bonds. The Labute approximate surface area is 141 Å². The van der Waals surface area contributed by atoms with Crippen LogP contribution in [0.2, 0.25) is 0 Å². The van der Waals surface area contributed by atoms with Gasteiger partial charge >= 0.3 is 12.0 Å². The van der Waals surface area contributed by atoms with Crippen LogP contribution in [-0.4, -0.2) is 39.3 Å². The second-order valence-electron chi connectivity index (χ2n) is 6.07. The number of fused-ring (bicyclic) bond motifs is 1. The van der Waals surface area contributed by atoms with Crippen LogP contribution in [0.5, 0.6) is 12.0 Å². The summed E-state index contributed by atoms with van der Waals surface area (Å²) in [6.45, 7) is 4.82. The molecule has 132 valence electrons. The molecule has 0 bridgehead atoms. The summed E-state index contributed by atoms with van der Waals surface area (Å²) in [5, 5.41) is 0. The number of nitrogens with zero attached hydrogens (tertiary/aromatic N) is 4. The Morgan fingerprint density at radius 1 is 1.33 bits per heavy atom. The van der Waals surface area contributed by atoms with Gasteiger partial charge in [-0.2, -0.15) is 15.0 Å². The van der Waals surface area contributed by atoms with Crippen LogP contribution in [0.3, 0.4) is 0 Å². The molecule has 24 heavy (non-hydrogen) atoms. The first-order valence-corrected chi connectivity index (χ1v) is 8.51. The number of nitrogens with two attached hydrogens (primary N) is 1. The summed E-state index contributed by atoms with van der Waals surface area (Å²) in [6, 6.07) is 0.692. The topological polar surface area (TPSA) is 97.3 Å². The Balaban J connectivity index is 2.02. The summed E-state index contributed by atoms with van der Waals surface area (Å²) >= 11 is 0. The number of imidazole rings is 1. The highest BCUT2D eigenvalue weighted by atomic mass is 16.5. The smallest absolute Gasteiger partial charge is 0.320 e. The predicted octanol–water partition coefficient (Wildman–Crippen LogP) is 2.68. The van der Waals surface area contributed by atoms with Gasteiger partial charge in [-0.25, -0.2) is 0 Å². The molecule has 0 aliphatic carbocycles. The van der Waals surface area contributed by atoms with Crippen molar-refractivity contribution in [1.82, 2.24) is 19.5 Å². The van der Waals surface area contributed by atoms with Crippen molar-refractivity contribution in [2.45, 2.75) is 58.3 Å². The van der Waals surface area contributed by atoms with Crippen molar-refractivity contribution >= 4 is 17.0 Å². The number of anilines is 1. The van der Waals surface area contributed by atoms with Crippen molar-refractivity contribution in [3.05, 3.63) is 0 Å². The van der Waals surface area contributed by atoms with Gasteiger partial charge in [-0.15, -0.1) is 0 Å². The summed E-state index contributed by atoms with van der Waals surface area (Å²) in [6.07, 6.45) is 4.85. The highest BCUT2D eigenvalue weighted by Gasteiger charge is 2.26. The number of hydrogen-bond donors (Lipinski definition) is 1. The molecule has 2 aromatic rings. The highest BCUT2D eigenvalue weighted by Crippen LogP contribution is 2.33. The molecule has 0 spiro atoms. The van der Waals surface area contributed by atoms with Crippen molar-refractivity contribution in [1.29, 1.82) is 0 Å². The fourth-order valence-corrected chi connectivity index (χ4v) is 2.98. The Morgan fingerprint density at radius 2 is 2.17 bits per heavy atom. The van der Waals surface area contributed by atoms with E-state index >= 15 is 0 Å². The molecule has 3 heterocycles. The van der Waals surface area contributed by atoms with Crippen LogP contribution in [0.1, 0.15) is 52.2 Å². The van der Waals surface area contributed by atoms with E-state index in [4.69, 9.17) is 19.9 Å². The van der Waals surface area contributed by atoms with E-state index in [9.17, 15) is 0 Å². The van der Waals surface area contributed by atoms with Crippen molar-refractivity contribution in [2.75, 3.05) is 19.5 Å². The van der Waals surface area contributed by atoms with Gasteiger partial charge in [0.15, 0.2) is 17.0 Å². The third-order valence-corrected chi connectivity index (χ3v) is 4.14. The minimum absolute atomic E-state index is 0.0241. The minimum atomic E-state index is -0.158. The summed E-state index contributed by atoms with van der Waals surface area (Å²) in [4.78, 5) is 13.2. The fourth-order valence-electron chi connectivity index (χ4n) is 2.98. The fraction of sp³-hybridized carbons (Fsp3) is 0.688. The maximum absolute atomic E-state index is 6.07. The Kier molecular flexibility index (Phi) is 5.03. The summed E-state index contributed by atoms with van der Waals surface area (Å²) < 4.78 is 18.9. The zero-order valence-corrected chi connectivity index (χ0v) is 14.5. The van der Waals surface area contributed by atoms with Crippen molar-refractivity contribution < 1.29 is 14.2 Å². The van der Waals surface area contributed by atoms with Gasteiger partial charge in [0.1, 0.15) is 6.23 Å². The second-order valence-corrected chi connectivity index (χ2v) is 6.07. The molecule has 1 fully saturated rings. The first kappa shape index (κ1) is 16.8. The molecule has 3 rings (SSSR count). The summed E-state index contributed by atoms with van der Waals surface area (Å²) in [5.74, 6) is 0.284. The van der Waals surface area contributed by atoms with E-state index in [1.165, 1.54) is 0 Å². The number of methoxy groups -OCH3 is 1. The van der Waals surface area contributed by atoms with Gasteiger partial charge in [0, 0.05) is 6.61 Å². The van der Waals surface area contributed by atoms with E-state index in [2.05, 4.69) is 21.9 Å². The first-order valence-electron chi connectivity index (χ1n) is 8.51. The van der Waals surface area contributed by atoms with E-state index in [-0.39, 0.29) is 24.2 Å². The number of aromatic nitrogens is 4. The highest BCUT2D eigenvalue weighted by molar-refractivity contribution is 5.83. The van der Waals surface area contributed by atoms with Crippen molar-refractivity contribution in [3.8, 4) is 12.0 Å². The molecule has 2 N–H and O–H groups in total. The Hall–Kier alpha value is -2.09. The molecule has 1 unspecified atom stereocenters. The zero-order valence-electron chi connectivity index (χ0n) is 14.5. The van der Waals surface area contributed by atoms with Crippen LogP contribution in [0.25, 0.3) is 11.2 Å². The van der Waals surface area contributed by atoms with Crippen LogP contribution < -0.4 is 15.2 Å². The zero-order chi connectivity index (χ0) is 17.1. The third-order valence-electron chi connectivity index (χ3n) is 4.14. The van der Waals surface area contributed by atoms with E-state index in [1.807, 2.05) is 11.5 Å². The van der Waals surface area contributed by atoms with Gasteiger partial charge in [0.05, 0.1) is 13.2 Å². The Bertz CT molecular complexity index is 697. The molecule has 0 saturated carbocycles. The van der Waals surface area contributed by atoms with Gasteiger partial charge in [-0.3, -0.25) is 4.57 Å². The van der Waals surface area contributed by atoms with E-state index in [1.54, 1.807) is 7.11 Å². The van der Waals surface area contributed by atoms with Crippen molar-refractivity contribution in [2.24, 2.45) is 0 Å². The predicted molar refractivity (Wildman–Crippen MR) is 90.1 cm³/mol. The quantitative estimate of drug-likeness (QED) is 0.866. The lowest BCUT2D eigenvalue weighted by Gasteiger charge is -2.24. The van der Waals surface area contributed by atoms with Crippen LogP contribution in [0, 0.1) is 0 Å². The SMILES string of the molecule is CCC[C@H](C)Oc1nc(N)c2nc(OC)n(C3CCCCO3)c2n1. The number of ether oxygens (including phenoxy) is 3. The summed E-state index contributed by atoms with van der Waals surface area (Å²) in [5.41, 5.74) is 7.17. The molecule has 8 heteroatoms. The molecule has 0 radical (unpaired) electrons. The largest absolute Gasteiger partial charge is 0.468 e. The van der Waals surface area contributed by atoms with Crippen LogP contribution in [0.4, 0.5) is 5.82 Å². The number of nitrogen functional groups attached to an aromatic ring is 1. The van der Waals surface area contributed by atoms with Gasteiger partial charge in [-0.1, -0.05) is 13.3 Å². The molecule has 1 saturated heterocycles. The first-order chi connectivity index (χ1) is 11.6. The second kappa shape index (κ2) is 7.21. The maximum atomic E-state index is 6.07. The van der Waals surface area contributed by atoms with E-state index in [0.29, 0.717) is 23.8 Å². The van der Waals surface area contributed by atoms with Crippen LogP contribution in [0.15, 0.2) is 0 Å². The van der Waals surface area contributed by atoms with Gasteiger partial charge < -0.3 is 19.9 Å². The van der Waals surface area contributed by atoms with Gasteiger partial charge in [0.2, 0.25) is 0 Å². The Morgan fingerprint density at radius 3 is 2.83 bits per heavy atom. The van der Waals surface area contributed by atoms with Crippen LogP contribution in [-0.2, 0) is 4.74 Å². The lowest BCUT2D eigenvalue weighted by atomic mass is 10.2.